The van der Waals surface area contributed by atoms with Crippen molar-refractivity contribution in [1.29, 1.82) is 0 Å². The van der Waals surface area contributed by atoms with Gasteiger partial charge in [-0.3, -0.25) is 10.6 Å². The molecule has 5 atom stereocenters. The topological polar surface area (TPSA) is 36.5 Å². The van der Waals surface area contributed by atoms with E-state index in [1.807, 2.05) is 0 Å². The lowest BCUT2D eigenvalue weighted by atomic mass is 9.84. The van der Waals surface area contributed by atoms with Crippen LogP contribution in [0.25, 0.3) is 0 Å². The molecule has 4 nitrogen and oxygen atoms in total. The summed E-state index contributed by atoms with van der Waals surface area (Å²) < 4.78 is 6.98. The molecule has 4 aliphatic rings. The first-order valence-electron chi connectivity index (χ1n) is 10.3. The first-order valence-corrected chi connectivity index (χ1v) is 12.3. The molecule has 0 radical (unpaired) electrons. The average molecular weight is 386 g/mol. The number of ether oxygens (including phenoxy) is 1. The highest BCUT2D eigenvalue weighted by Crippen LogP contribution is 2.41. The highest BCUT2D eigenvalue weighted by atomic mass is 32.2. The summed E-state index contributed by atoms with van der Waals surface area (Å²) in [5.74, 6) is 1.84. The third kappa shape index (κ3) is 4.69. The van der Waals surface area contributed by atoms with Crippen LogP contribution in [-0.2, 0) is 4.74 Å². The molecule has 0 amide bonds. The van der Waals surface area contributed by atoms with Crippen LogP contribution >= 0.6 is 23.5 Å². The zero-order valence-corrected chi connectivity index (χ0v) is 17.4. The van der Waals surface area contributed by atoms with Crippen LogP contribution in [0.15, 0.2) is 0 Å². The fourth-order valence-electron chi connectivity index (χ4n) is 4.95. The minimum Gasteiger partial charge on any atom is -0.358 e. The number of hydrogen-bond acceptors (Lipinski definition) is 6. The average Bonchev–Trinajstić information content (AvgIpc) is 3.26. The van der Waals surface area contributed by atoms with Gasteiger partial charge in [0.1, 0.15) is 10.9 Å². The van der Waals surface area contributed by atoms with Crippen molar-refractivity contribution in [3.63, 3.8) is 0 Å². The molecule has 4 fully saturated rings. The number of fused-ring (bicyclic) bond motifs is 1. The minimum atomic E-state index is 0.306. The Morgan fingerprint density at radius 3 is 2.64 bits per heavy atom. The van der Waals surface area contributed by atoms with Gasteiger partial charge in [0.15, 0.2) is 0 Å². The third-order valence-electron chi connectivity index (χ3n) is 6.57. The maximum absolute atomic E-state index is 6.39. The van der Waals surface area contributed by atoms with Crippen LogP contribution in [0.5, 0.6) is 0 Å². The van der Waals surface area contributed by atoms with Gasteiger partial charge in [-0.15, -0.1) is 23.5 Å². The van der Waals surface area contributed by atoms with Gasteiger partial charge < -0.3 is 9.64 Å². The van der Waals surface area contributed by atoms with E-state index in [0.717, 1.165) is 29.6 Å². The summed E-state index contributed by atoms with van der Waals surface area (Å²) in [7, 11) is 4.43. The predicted molar refractivity (Wildman–Crippen MR) is 109 cm³/mol. The SMILES string of the molecule is CN(C)C1CCC(C2NCC(CSC3NC4CCCCC4S3)O2)CC1. The Morgan fingerprint density at radius 1 is 1.08 bits per heavy atom. The maximum Gasteiger partial charge on any atom is 0.111 e. The summed E-state index contributed by atoms with van der Waals surface area (Å²) in [6.07, 6.45) is 11.6. The van der Waals surface area contributed by atoms with Gasteiger partial charge in [0.2, 0.25) is 0 Å². The van der Waals surface area contributed by atoms with Crippen molar-refractivity contribution in [2.75, 3.05) is 26.4 Å². The van der Waals surface area contributed by atoms with Crippen LogP contribution in [0.2, 0.25) is 0 Å². The fourth-order valence-corrected chi connectivity index (χ4v) is 8.07. The quantitative estimate of drug-likeness (QED) is 0.757. The summed E-state index contributed by atoms with van der Waals surface area (Å²) in [6.45, 7) is 1.04. The maximum atomic E-state index is 6.39. The number of rotatable bonds is 5. The van der Waals surface area contributed by atoms with Gasteiger partial charge in [0.05, 0.1) is 6.10 Å². The summed E-state index contributed by atoms with van der Waals surface area (Å²) in [5.41, 5.74) is 0. The van der Waals surface area contributed by atoms with E-state index in [1.54, 1.807) is 0 Å². The smallest absolute Gasteiger partial charge is 0.111 e. The Kier molecular flexibility index (Phi) is 6.57. The summed E-state index contributed by atoms with van der Waals surface area (Å²) in [4.78, 5) is 2.39. The van der Waals surface area contributed by atoms with Crippen molar-refractivity contribution in [3.05, 3.63) is 0 Å². The van der Waals surface area contributed by atoms with Crippen LogP contribution in [0.1, 0.15) is 51.4 Å². The largest absolute Gasteiger partial charge is 0.358 e. The second kappa shape index (κ2) is 8.70. The van der Waals surface area contributed by atoms with Crippen molar-refractivity contribution in [2.24, 2.45) is 5.92 Å². The predicted octanol–water partition coefficient (Wildman–Crippen LogP) is 3.09. The second-order valence-electron chi connectivity index (χ2n) is 8.52. The molecule has 25 heavy (non-hydrogen) atoms. The van der Waals surface area contributed by atoms with Crippen LogP contribution in [0, 0.1) is 5.92 Å². The molecule has 6 heteroatoms. The minimum absolute atomic E-state index is 0.306. The first-order chi connectivity index (χ1) is 12.2. The molecule has 2 saturated carbocycles. The van der Waals surface area contributed by atoms with Crippen molar-refractivity contribution in [3.8, 4) is 0 Å². The Labute approximate surface area is 162 Å². The molecule has 0 aromatic heterocycles. The van der Waals surface area contributed by atoms with E-state index < -0.39 is 0 Å². The Morgan fingerprint density at radius 2 is 1.88 bits per heavy atom. The molecule has 0 spiro atoms. The number of nitrogens with zero attached hydrogens (tertiary/aromatic N) is 1. The van der Waals surface area contributed by atoms with Crippen molar-refractivity contribution in [2.45, 2.75) is 85.7 Å². The van der Waals surface area contributed by atoms with Crippen molar-refractivity contribution in [1.82, 2.24) is 15.5 Å². The number of nitrogens with one attached hydrogen (secondary N) is 2. The van der Waals surface area contributed by atoms with Crippen LogP contribution in [0.4, 0.5) is 0 Å². The molecule has 2 N–H and O–H groups in total. The number of hydrogen-bond donors (Lipinski definition) is 2. The van der Waals surface area contributed by atoms with Crippen molar-refractivity contribution < 1.29 is 4.74 Å². The normalized spacial score (nSPS) is 45.0. The summed E-state index contributed by atoms with van der Waals surface area (Å²) >= 11 is 4.26. The lowest BCUT2D eigenvalue weighted by Crippen LogP contribution is -2.38. The molecule has 0 aromatic rings. The molecular formula is C19H35N3OS2. The molecule has 2 aliphatic carbocycles. The molecule has 0 aromatic carbocycles. The van der Waals surface area contributed by atoms with E-state index in [0.29, 0.717) is 23.0 Å². The Hall–Kier alpha value is 0.540. The lowest BCUT2D eigenvalue weighted by Gasteiger charge is -2.34. The molecule has 2 aliphatic heterocycles. The van der Waals surface area contributed by atoms with E-state index in [-0.39, 0.29) is 0 Å². The molecule has 2 saturated heterocycles. The molecule has 4 rings (SSSR count). The van der Waals surface area contributed by atoms with E-state index in [4.69, 9.17) is 4.74 Å². The molecule has 0 bridgehead atoms. The van der Waals surface area contributed by atoms with Crippen LogP contribution in [0.3, 0.4) is 0 Å². The number of thioether (sulfide) groups is 2. The zero-order chi connectivity index (χ0) is 17.2. The van der Waals surface area contributed by atoms with Gasteiger partial charge in [-0.2, -0.15) is 0 Å². The zero-order valence-electron chi connectivity index (χ0n) is 15.8. The monoisotopic (exact) mass is 385 g/mol. The summed E-state index contributed by atoms with van der Waals surface area (Å²) in [5, 5.41) is 8.39. The van der Waals surface area contributed by atoms with Gasteiger partial charge in [-0.25, -0.2) is 0 Å². The molecular weight excluding hydrogens is 350 g/mol. The second-order valence-corrected chi connectivity index (χ2v) is 11.3. The van der Waals surface area contributed by atoms with Gasteiger partial charge in [-0.1, -0.05) is 12.8 Å². The third-order valence-corrected chi connectivity index (χ3v) is 9.61. The van der Waals surface area contributed by atoms with Gasteiger partial charge in [-0.05, 0) is 58.5 Å². The Bertz CT molecular complexity index is 417. The lowest BCUT2D eigenvalue weighted by molar-refractivity contribution is -0.00368. The van der Waals surface area contributed by atoms with Crippen molar-refractivity contribution >= 4 is 23.5 Å². The fraction of sp³-hybridized carbons (Fsp3) is 1.00. The van der Waals surface area contributed by atoms with E-state index >= 15 is 0 Å². The van der Waals surface area contributed by atoms with Gasteiger partial charge >= 0.3 is 0 Å². The Balaban J connectivity index is 1.16. The molecule has 144 valence electrons. The standard InChI is InChI=1S/C19H35N3OS2/c1-22(2)14-9-7-13(8-10-14)18-20-11-15(23-18)12-24-19-21-16-5-3-4-6-17(16)25-19/h13-21H,3-12H2,1-2H3. The van der Waals surface area contributed by atoms with E-state index in [2.05, 4.69) is 53.2 Å². The highest BCUT2D eigenvalue weighted by molar-refractivity contribution is 8.17. The van der Waals surface area contributed by atoms with Gasteiger partial charge in [0.25, 0.3) is 0 Å². The van der Waals surface area contributed by atoms with E-state index in [9.17, 15) is 0 Å². The molecule has 5 unspecified atom stereocenters. The summed E-state index contributed by atoms with van der Waals surface area (Å²) in [6, 6.07) is 1.55. The van der Waals surface area contributed by atoms with Gasteiger partial charge in [0, 0.05) is 29.6 Å². The van der Waals surface area contributed by atoms with E-state index in [1.165, 1.54) is 51.4 Å². The highest BCUT2D eigenvalue weighted by Gasteiger charge is 2.38. The van der Waals surface area contributed by atoms with Crippen LogP contribution in [-0.4, -0.2) is 65.7 Å². The first kappa shape index (κ1) is 18.9. The molecule has 2 heterocycles. The van der Waals surface area contributed by atoms with Crippen LogP contribution < -0.4 is 10.6 Å².